The molecule has 3 aromatic carbocycles. The predicted octanol–water partition coefficient (Wildman–Crippen LogP) is 6.37. The number of hydrogen-bond donors (Lipinski definition) is 2. The van der Waals surface area contributed by atoms with E-state index in [0.29, 0.717) is 5.56 Å². The van der Waals surface area contributed by atoms with Gasteiger partial charge in [-0.3, -0.25) is 9.48 Å². The third kappa shape index (κ3) is 5.06. The molecule has 5 rings (SSSR count). The van der Waals surface area contributed by atoms with Gasteiger partial charge in [0, 0.05) is 52.5 Å². The molecule has 0 radical (unpaired) electrons. The highest BCUT2D eigenvalue weighted by Crippen LogP contribution is 2.29. The summed E-state index contributed by atoms with van der Waals surface area (Å²) in [6.45, 7) is 2.10. The second-order valence-corrected chi connectivity index (χ2v) is 9.41. The van der Waals surface area contributed by atoms with E-state index in [4.69, 9.17) is 11.6 Å². The van der Waals surface area contributed by atoms with Gasteiger partial charge in [0.2, 0.25) is 0 Å². The van der Waals surface area contributed by atoms with Crippen LogP contribution in [-0.4, -0.2) is 26.6 Å². The van der Waals surface area contributed by atoms with E-state index in [1.165, 1.54) is 5.56 Å². The zero-order chi connectivity index (χ0) is 24.4. The number of nitrogens with one attached hydrogen (secondary N) is 2. The smallest absolute Gasteiger partial charge is 0.186 e. The first-order valence-electron chi connectivity index (χ1n) is 11.7. The Labute approximate surface area is 209 Å². The van der Waals surface area contributed by atoms with E-state index in [1.54, 1.807) is 4.68 Å². The van der Waals surface area contributed by atoms with E-state index in [0.717, 1.165) is 39.0 Å². The number of benzene rings is 3. The number of aromatic amines is 1. The number of aryl methyl sites for hydroxylation is 1. The molecular formula is C29H27ClN4O. The predicted molar refractivity (Wildman–Crippen MR) is 142 cm³/mol. The fraction of sp³-hybridized carbons (Fsp3) is 0.172. The van der Waals surface area contributed by atoms with Gasteiger partial charge in [-0.2, -0.15) is 5.10 Å². The van der Waals surface area contributed by atoms with Crippen LogP contribution in [0.25, 0.3) is 22.0 Å². The number of carbonyl (C=O) groups excluding carboxylic acids is 1. The van der Waals surface area contributed by atoms with Crippen molar-refractivity contribution in [2.45, 2.75) is 25.4 Å². The summed E-state index contributed by atoms with van der Waals surface area (Å²) in [4.78, 5) is 17.2. The highest BCUT2D eigenvalue weighted by molar-refractivity contribution is 6.30. The zero-order valence-electron chi connectivity index (χ0n) is 19.7. The van der Waals surface area contributed by atoms with Crippen LogP contribution in [0.2, 0.25) is 5.02 Å². The van der Waals surface area contributed by atoms with Gasteiger partial charge in [-0.1, -0.05) is 66.2 Å². The van der Waals surface area contributed by atoms with Crippen LogP contribution < -0.4 is 5.32 Å². The van der Waals surface area contributed by atoms with E-state index in [1.807, 2.05) is 92.4 Å². The Balaban J connectivity index is 1.43. The van der Waals surface area contributed by atoms with Crippen molar-refractivity contribution in [2.75, 3.05) is 0 Å². The Kier molecular flexibility index (Phi) is 6.53. The van der Waals surface area contributed by atoms with E-state index in [9.17, 15) is 4.79 Å². The molecule has 0 amide bonds. The lowest BCUT2D eigenvalue weighted by atomic mass is 9.95. The first-order chi connectivity index (χ1) is 17.0. The molecule has 1 unspecified atom stereocenters. The van der Waals surface area contributed by atoms with Gasteiger partial charge in [0.25, 0.3) is 0 Å². The molecule has 0 aliphatic heterocycles. The van der Waals surface area contributed by atoms with Gasteiger partial charge < -0.3 is 10.3 Å². The van der Waals surface area contributed by atoms with Crippen molar-refractivity contribution in [2.24, 2.45) is 7.05 Å². The molecule has 2 aromatic heterocycles. The molecular weight excluding hydrogens is 456 g/mol. The van der Waals surface area contributed by atoms with Crippen molar-refractivity contribution < 1.29 is 4.79 Å². The maximum absolute atomic E-state index is 13.9. The summed E-state index contributed by atoms with van der Waals surface area (Å²) in [5.41, 5.74) is 5.82. The molecule has 0 aliphatic carbocycles. The van der Waals surface area contributed by atoms with Crippen LogP contribution in [0.4, 0.5) is 0 Å². The number of fused-ring (bicyclic) bond motifs is 1. The minimum atomic E-state index is -0.462. The largest absolute Gasteiger partial charge is 0.360 e. The van der Waals surface area contributed by atoms with Gasteiger partial charge in [-0.15, -0.1) is 0 Å². The van der Waals surface area contributed by atoms with Crippen LogP contribution in [0.5, 0.6) is 0 Å². The minimum Gasteiger partial charge on any atom is -0.360 e. The number of rotatable bonds is 8. The fourth-order valence-corrected chi connectivity index (χ4v) is 4.65. The van der Waals surface area contributed by atoms with Gasteiger partial charge in [-0.25, -0.2) is 0 Å². The number of carbonyl (C=O) groups is 1. The van der Waals surface area contributed by atoms with Gasteiger partial charge in [0.1, 0.15) is 0 Å². The molecule has 0 fully saturated rings. The highest BCUT2D eigenvalue weighted by atomic mass is 35.5. The Hall–Kier alpha value is -3.67. The second kappa shape index (κ2) is 9.90. The van der Waals surface area contributed by atoms with Crippen LogP contribution in [0, 0.1) is 0 Å². The van der Waals surface area contributed by atoms with Crippen molar-refractivity contribution in [3.05, 3.63) is 113 Å². The lowest BCUT2D eigenvalue weighted by Gasteiger charge is -2.23. The summed E-state index contributed by atoms with van der Waals surface area (Å²) in [6.07, 6.45) is 6.43. The molecule has 176 valence electrons. The van der Waals surface area contributed by atoms with Gasteiger partial charge in [0.15, 0.2) is 5.78 Å². The summed E-state index contributed by atoms with van der Waals surface area (Å²) in [5.74, 6) is 0.0412. The fourth-order valence-electron chi connectivity index (χ4n) is 4.52. The quantitative estimate of drug-likeness (QED) is 0.253. The second-order valence-electron chi connectivity index (χ2n) is 8.97. The van der Waals surface area contributed by atoms with Crippen molar-refractivity contribution in [1.29, 1.82) is 0 Å². The number of hydrogen-bond acceptors (Lipinski definition) is 3. The summed E-state index contributed by atoms with van der Waals surface area (Å²) in [6, 6.07) is 23.5. The molecule has 2 N–H and O–H groups in total. The molecule has 0 aliphatic rings. The van der Waals surface area contributed by atoms with E-state index < -0.39 is 6.04 Å². The maximum atomic E-state index is 13.9. The Morgan fingerprint density at radius 1 is 1.06 bits per heavy atom. The summed E-state index contributed by atoms with van der Waals surface area (Å²) in [5, 5.41) is 9.48. The van der Waals surface area contributed by atoms with Crippen LogP contribution in [-0.2, 0) is 13.5 Å². The molecule has 0 bridgehead atoms. The van der Waals surface area contributed by atoms with Crippen LogP contribution in [0.15, 0.2) is 91.4 Å². The highest BCUT2D eigenvalue weighted by Gasteiger charge is 2.26. The molecule has 0 saturated heterocycles. The zero-order valence-corrected chi connectivity index (χ0v) is 20.5. The first kappa shape index (κ1) is 23.1. The number of nitrogens with zero attached hydrogens (tertiary/aromatic N) is 2. The van der Waals surface area contributed by atoms with E-state index in [2.05, 4.69) is 28.4 Å². The van der Waals surface area contributed by atoms with Gasteiger partial charge in [-0.05, 0) is 48.2 Å². The van der Waals surface area contributed by atoms with Crippen molar-refractivity contribution in [3.63, 3.8) is 0 Å². The van der Waals surface area contributed by atoms with Crippen LogP contribution in [0.3, 0.4) is 0 Å². The summed E-state index contributed by atoms with van der Waals surface area (Å²) in [7, 11) is 1.90. The van der Waals surface area contributed by atoms with Crippen molar-refractivity contribution in [1.82, 2.24) is 20.1 Å². The van der Waals surface area contributed by atoms with E-state index in [-0.39, 0.29) is 11.8 Å². The normalized spacial score (nSPS) is 13.1. The summed E-state index contributed by atoms with van der Waals surface area (Å²) >= 11 is 6.04. The number of halogens is 1. The average Bonchev–Trinajstić information content (AvgIpc) is 3.50. The molecule has 2 heterocycles. The standard InChI is InChI=1S/C29H27ClN4O/c1-19(14-20-8-11-24(30)12-9-20)33-28(21-6-4-3-5-7-21)29(35)26-17-31-27-15-22(10-13-25(26)27)23-16-32-34(2)18-23/h3-13,15-19,28,31,33H,14H2,1-2H3/t19-,28?/m0/s1. The van der Waals surface area contributed by atoms with Crippen molar-refractivity contribution in [3.8, 4) is 11.1 Å². The molecule has 6 heteroatoms. The summed E-state index contributed by atoms with van der Waals surface area (Å²) < 4.78 is 1.78. The SMILES string of the molecule is C[C@@H](Cc1ccc(Cl)cc1)NC(C(=O)c1c[nH]c2cc(-c3cnn(C)c3)ccc12)c1ccccc1. The molecule has 5 nitrogen and oxygen atoms in total. The molecule has 2 atom stereocenters. The number of ketones is 1. The Bertz CT molecular complexity index is 1450. The first-order valence-corrected chi connectivity index (χ1v) is 12.1. The van der Waals surface area contributed by atoms with Crippen LogP contribution in [0.1, 0.15) is 34.5 Å². The molecule has 5 aromatic rings. The molecule has 35 heavy (non-hydrogen) atoms. The maximum Gasteiger partial charge on any atom is 0.186 e. The molecule has 0 saturated carbocycles. The van der Waals surface area contributed by atoms with Crippen molar-refractivity contribution >= 4 is 28.3 Å². The van der Waals surface area contributed by atoms with Gasteiger partial charge >= 0.3 is 0 Å². The number of H-pyrrole nitrogens is 1. The Morgan fingerprint density at radius 3 is 2.54 bits per heavy atom. The number of aromatic nitrogens is 3. The average molecular weight is 483 g/mol. The third-order valence-electron chi connectivity index (χ3n) is 6.29. The van der Waals surface area contributed by atoms with Crippen LogP contribution >= 0.6 is 11.6 Å². The van der Waals surface area contributed by atoms with Gasteiger partial charge in [0.05, 0.1) is 12.2 Å². The minimum absolute atomic E-state index is 0.0412. The molecule has 0 spiro atoms. The Morgan fingerprint density at radius 2 is 1.83 bits per heavy atom. The topological polar surface area (TPSA) is 62.7 Å². The lowest BCUT2D eigenvalue weighted by molar-refractivity contribution is 0.0938. The third-order valence-corrected chi connectivity index (χ3v) is 6.54. The van der Waals surface area contributed by atoms with E-state index >= 15 is 0 Å². The monoisotopic (exact) mass is 482 g/mol. The lowest BCUT2D eigenvalue weighted by Crippen LogP contribution is -2.36. The number of Topliss-reactive ketones (excluding diaryl/α,β-unsaturated/α-hetero) is 1.